The summed E-state index contributed by atoms with van der Waals surface area (Å²) in [5.74, 6) is 0.0498. The fourth-order valence-corrected chi connectivity index (χ4v) is 1.25. The van der Waals surface area contributed by atoms with Crippen LogP contribution in [0.25, 0.3) is 0 Å². The Balaban J connectivity index is 3.45. The summed E-state index contributed by atoms with van der Waals surface area (Å²) in [6, 6.07) is 2.34. The van der Waals surface area contributed by atoms with E-state index in [1.54, 1.807) is 6.92 Å². The van der Waals surface area contributed by atoms with E-state index in [2.05, 4.69) is 0 Å². The number of hydrogen-bond acceptors (Lipinski definition) is 5. The van der Waals surface area contributed by atoms with Crippen LogP contribution >= 0.6 is 0 Å². The average molecular weight is 223 g/mol. The van der Waals surface area contributed by atoms with Gasteiger partial charge >= 0.3 is 0 Å². The summed E-state index contributed by atoms with van der Waals surface area (Å²) in [6.45, 7) is 1.92. The summed E-state index contributed by atoms with van der Waals surface area (Å²) in [4.78, 5) is 31.3. The number of nitro groups is 1. The molecule has 0 atom stereocenters. The van der Waals surface area contributed by atoms with E-state index < -0.39 is 10.6 Å². The minimum Gasteiger partial charge on any atom is -0.493 e. The Morgan fingerprint density at radius 3 is 2.50 bits per heavy atom. The van der Waals surface area contributed by atoms with Crippen LogP contribution in [0.5, 0.6) is 5.75 Å². The van der Waals surface area contributed by atoms with E-state index in [1.165, 1.54) is 6.07 Å². The maximum absolute atomic E-state index is 10.8. The quantitative estimate of drug-likeness (QED) is 0.430. The molecule has 6 nitrogen and oxygen atoms in total. The zero-order valence-corrected chi connectivity index (χ0v) is 8.50. The summed E-state index contributed by atoms with van der Waals surface area (Å²) >= 11 is 0. The van der Waals surface area contributed by atoms with Gasteiger partial charge in [-0.05, 0) is 13.0 Å². The number of rotatable bonds is 5. The van der Waals surface area contributed by atoms with Gasteiger partial charge in [-0.1, -0.05) is 0 Å². The molecule has 0 N–H and O–H groups in total. The van der Waals surface area contributed by atoms with Gasteiger partial charge in [0.2, 0.25) is 0 Å². The molecule has 1 aromatic carbocycles. The molecule has 6 heteroatoms. The molecule has 0 bridgehead atoms. The van der Waals surface area contributed by atoms with Gasteiger partial charge in [-0.15, -0.1) is 0 Å². The minimum atomic E-state index is -0.723. The number of hydrogen-bond donors (Lipinski definition) is 0. The van der Waals surface area contributed by atoms with Crippen molar-refractivity contribution < 1.29 is 19.2 Å². The van der Waals surface area contributed by atoms with E-state index in [4.69, 9.17) is 4.74 Å². The maximum Gasteiger partial charge on any atom is 0.284 e. The highest BCUT2D eigenvalue weighted by atomic mass is 16.6. The highest BCUT2D eigenvalue weighted by Crippen LogP contribution is 2.28. The molecule has 0 radical (unpaired) electrons. The Hall–Kier alpha value is -2.24. The smallest absolute Gasteiger partial charge is 0.284 e. The van der Waals surface area contributed by atoms with Crippen LogP contribution in [0.1, 0.15) is 27.6 Å². The van der Waals surface area contributed by atoms with E-state index in [0.29, 0.717) is 12.6 Å². The summed E-state index contributed by atoms with van der Waals surface area (Å²) < 4.78 is 5.07. The Morgan fingerprint density at radius 1 is 1.38 bits per heavy atom. The molecule has 0 amide bonds. The third kappa shape index (κ3) is 2.22. The van der Waals surface area contributed by atoms with Crippen LogP contribution in [0.4, 0.5) is 5.69 Å². The number of benzene rings is 1. The summed E-state index contributed by atoms with van der Waals surface area (Å²) in [7, 11) is 0. The van der Waals surface area contributed by atoms with Crippen LogP contribution in [-0.4, -0.2) is 24.1 Å². The van der Waals surface area contributed by atoms with Crippen molar-refractivity contribution in [2.45, 2.75) is 6.92 Å². The molecule has 0 spiro atoms. The second kappa shape index (κ2) is 5.01. The van der Waals surface area contributed by atoms with Crippen molar-refractivity contribution in [3.63, 3.8) is 0 Å². The molecule has 0 unspecified atom stereocenters. The third-order valence-electron chi connectivity index (χ3n) is 1.89. The van der Waals surface area contributed by atoms with E-state index in [1.807, 2.05) is 0 Å². The van der Waals surface area contributed by atoms with Crippen molar-refractivity contribution in [3.8, 4) is 5.75 Å². The number of ether oxygens (including phenoxy) is 1. The predicted octanol–water partition coefficient (Wildman–Crippen LogP) is 1.62. The van der Waals surface area contributed by atoms with Gasteiger partial charge in [0.25, 0.3) is 5.69 Å². The number of nitro benzene ring substituents is 1. The third-order valence-corrected chi connectivity index (χ3v) is 1.89. The number of carbonyl (C=O) groups is 2. The van der Waals surface area contributed by atoms with E-state index in [9.17, 15) is 19.7 Å². The highest BCUT2D eigenvalue weighted by molar-refractivity contribution is 5.89. The summed E-state index contributed by atoms with van der Waals surface area (Å²) in [6.07, 6.45) is 0.807. The Bertz CT molecular complexity index is 441. The zero-order chi connectivity index (χ0) is 12.1. The van der Waals surface area contributed by atoms with Crippen molar-refractivity contribution in [2.24, 2.45) is 0 Å². The predicted molar refractivity (Wildman–Crippen MR) is 55.0 cm³/mol. The first-order valence-corrected chi connectivity index (χ1v) is 4.49. The fraction of sp³-hybridized carbons (Fsp3) is 0.200. The number of aldehydes is 2. The zero-order valence-electron chi connectivity index (χ0n) is 8.50. The van der Waals surface area contributed by atoms with Crippen molar-refractivity contribution >= 4 is 18.3 Å². The molecule has 0 heterocycles. The number of carbonyl (C=O) groups excluding carboxylic acids is 2. The lowest BCUT2D eigenvalue weighted by molar-refractivity contribution is -0.385. The van der Waals surface area contributed by atoms with Gasteiger partial charge in [-0.25, -0.2) is 0 Å². The molecular formula is C10H9NO5. The van der Waals surface area contributed by atoms with Gasteiger partial charge in [0.05, 0.1) is 11.5 Å². The standard InChI is InChI=1S/C10H9NO5/c1-2-16-10-4-7(5-12)3-9(11(14)15)8(10)6-13/h3-6H,2H2,1H3. The lowest BCUT2D eigenvalue weighted by Gasteiger charge is -2.06. The van der Waals surface area contributed by atoms with Gasteiger partial charge < -0.3 is 4.74 Å². The van der Waals surface area contributed by atoms with Crippen molar-refractivity contribution in [3.05, 3.63) is 33.4 Å². The normalized spacial score (nSPS) is 9.56. The van der Waals surface area contributed by atoms with Crippen molar-refractivity contribution in [2.75, 3.05) is 6.61 Å². The molecule has 0 aliphatic rings. The summed E-state index contributed by atoms with van der Waals surface area (Å²) in [5, 5.41) is 10.7. The van der Waals surface area contributed by atoms with Gasteiger partial charge in [0.1, 0.15) is 17.6 Å². The molecule has 0 fully saturated rings. The second-order valence-electron chi connectivity index (χ2n) is 2.88. The van der Waals surface area contributed by atoms with Gasteiger partial charge in [-0.2, -0.15) is 0 Å². The van der Waals surface area contributed by atoms with Crippen LogP contribution in [0.15, 0.2) is 12.1 Å². The monoisotopic (exact) mass is 223 g/mol. The molecule has 0 aliphatic carbocycles. The molecule has 0 aromatic heterocycles. The Morgan fingerprint density at radius 2 is 2.06 bits per heavy atom. The second-order valence-corrected chi connectivity index (χ2v) is 2.88. The molecule has 1 aromatic rings. The van der Waals surface area contributed by atoms with E-state index in [-0.39, 0.29) is 23.5 Å². The van der Waals surface area contributed by atoms with Crippen LogP contribution in [0.3, 0.4) is 0 Å². The highest BCUT2D eigenvalue weighted by Gasteiger charge is 2.20. The minimum absolute atomic E-state index is 0.0498. The molecule has 16 heavy (non-hydrogen) atoms. The van der Waals surface area contributed by atoms with Crippen LogP contribution in [0, 0.1) is 10.1 Å². The van der Waals surface area contributed by atoms with Crippen LogP contribution < -0.4 is 4.74 Å². The summed E-state index contributed by atoms with van der Waals surface area (Å²) in [5.41, 5.74) is -0.485. The van der Waals surface area contributed by atoms with Gasteiger partial charge in [0, 0.05) is 11.6 Å². The maximum atomic E-state index is 10.8. The molecule has 0 saturated heterocycles. The van der Waals surface area contributed by atoms with E-state index >= 15 is 0 Å². The first-order chi connectivity index (χ1) is 7.63. The SMILES string of the molecule is CCOc1cc(C=O)cc([N+](=O)[O-])c1C=O. The molecule has 84 valence electrons. The largest absolute Gasteiger partial charge is 0.493 e. The van der Waals surface area contributed by atoms with Gasteiger partial charge in [-0.3, -0.25) is 19.7 Å². The number of nitrogens with zero attached hydrogens (tertiary/aromatic N) is 1. The first kappa shape index (κ1) is 11.8. The lowest BCUT2D eigenvalue weighted by Crippen LogP contribution is -2.02. The van der Waals surface area contributed by atoms with Crippen molar-refractivity contribution in [1.82, 2.24) is 0 Å². The Labute approximate surface area is 91.0 Å². The van der Waals surface area contributed by atoms with Gasteiger partial charge in [0.15, 0.2) is 6.29 Å². The van der Waals surface area contributed by atoms with Crippen molar-refractivity contribution in [1.29, 1.82) is 0 Å². The molecule has 0 saturated carbocycles. The van der Waals surface area contributed by atoms with E-state index in [0.717, 1.165) is 6.07 Å². The average Bonchev–Trinajstić information content (AvgIpc) is 2.28. The molecule has 0 aliphatic heterocycles. The topological polar surface area (TPSA) is 86.5 Å². The fourth-order valence-electron chi connectivity index (χ4n) is 1.25. The molecule has 1 rings (SSSR count). The molecular weight excluding hydrogens is 214 g/mol. The Kier molecular flexibility index (Phi) is 3.71. The van der Waals surface area contributed by atoms with Crippen LogP contribution in [-0.2, 0) is 0 Å². The lowest BCUT2D eigenvalue weighted by atomic mass is 10.1. The first-order valence-electron chi connectivity index (χ1n) is 4.49. The van der Waals surface area contributed by atoms with Crippen LogP contribution in [0.2, 0.25) is 0 Å².